The van der Waals surface area contributed by atoms with Crippen molar-refractivity contribution in [2.24, 2.45) is 0 Å². The van der Waals surface area contributed by atoms with Crippen LogP contribution in [0.2, 0.25) is 5.02 Å². The maximum absolute atomic E-state index is 12.4. The first-order chi connectivity index (χ1) is 12.6. The average Bonchev–Trinajstić information content (AvgIpc) is 2.65. The SMILES string of the molecule is CSc1ccccc1NC(=O)CN1CCN(c2cc(Cl)ccc2C)CC1. The van der Waals surface area contributed by atoms with E-state index < -0.39 is 0 Å². The number of anilines is 2. The highest BCUT2D eigenvalue weighted by molar-refractivity contribution is 7.98. The van der Waals surface area contributed by atoms with Gasteiger partial charge in [0.15, 0.2) is 0 Å². The summed E-state index contributed by atoms with van der Waals surface area (Å²) in [6.07, 6.45) is 2.02. The van der Waals surface area contributed by atoms with Gasteiger partial charge in [-0.1, -0.05) is 29.8 Å². The molecule has 1 aliphatic heterocycles. The van der Waals surface area contributed by atoms with Gasteiger partial charge in [-0.25, -0.2) is 0 Å². The monoisotopic (exact) mass is 389 g/mol. The largest absolute Gasteiger partial charge is 0.369 e. The van der Waals surface area contributed by atoms with Crippen LogP contribution in [0, 0.1) is 6.92 Å². The van der Waals surface area contributed by atoms with E-state index in [0.29, 0.717) is 6.54 Å². The predicted molar refractivity (Wildman–Crippen MR) is 112 cm³/mol. The zero-order chi connectivity index (χ0) is 18.5. The van der Waals surface area contributed by atoms with Crippen LogP contribution in [-0.2, 0) is 4.79 Å². The summed E-state index contributed by atoms with van der Waals surface area (Å²) < 4.78 is 0. The van der Waals surface area contributed by atoms with E-state index in [-0.39, 0.29) is 5.91 Å². The maximum Gasteiger partial charge on any atom is 0.238 e. The summed E-state index contributed by atoms with van der Waals surface area (Å²) in [6, 6.07) is 13.9. The zero-order valence-electron chi connectivity index (χ0n) is 15.2. The van der Waals surface area contributed by atoms with Gasteiger partial charge >= 0.3 is 0 Å². The van der Waals surface area contributed by atoms with Crippen LogP contribution < -0.4 is 10.2 Å². The second-order valence-electron chi connectivity index (χ2n) is 6.44. The Morgan fingerprint density at radius 3 is 2.62 bits per heavy atom. The fourth-order valence-corrected chi connectivity index (χ4v) is 3.93. The number of carbonyl (C=O) groups excluding carboxylic acids is 1. The van der Waals surface area contributed by atoms with Crippen molar-refractivity contribution in [3.63, 3.8) is 0 Å². The number of halogens is 1. The first kappa shape index (κ1) is 19.1. The molecule has 0 bridgehead atoms. The molecule has 26 heavy (non-hydrogen) atoms. The Balaban J connectivity index is 1.54. The molecule has 4 nitrogen and oxygen atoms in total. The first-order valence-corrected chi connectivity index (χ1v) is 10.3. The Bertz CT molecular complexity index is 775. The third-order valence-corrected chi connectivity index (χ3v) is 5.66. The van der Waals surface area contributed by atoms with Gasteiger partial charge in [0, 0.05) is 41.8 Å². The van der Waals surface area contributed by atoms with Gasteiger partial charge in [0.1, 0.15) is 0 Å². The van der Waals surface area contributed by atoms with Crippen molar-refractivity contribution in [2.75, 3.05) is 49.2 Å². The lowest BCUT2D eigenvalue weighted by Gasteiger charge is -2.36. The van der Waals surface area contributed by atoms with Gasteiger partial charge in [-0.3, -0.25) is 9.69 Å². The molecule has 0 aromatic heterocycles. The Morgan fingerprint density at radius 2 is 1.88 bits per heavy atom. The van der Waals surface area contributed by atoms with E-state index in [0.717, 1.165) is 41.8 Å². The lowest BCUT2D eigenvalue weighted by atomic mass is 10.1. The predicted octanol–water partition coefficient (Wildman–Crippen LogP) is 4.13. The minimum Gasteiger partial charge on any atom is -0.369 e. The van der Waals surface area contributed by atoms with Crippen molar-refractivity contribution in [3.8, 4) is 0 Å². The zero-order valence-corrected chi connectivity index (χ0v) is 16.7. The lowest BCUT2D eigenvalue weighted by Crippen LogP contribution is -2.48. The number of rotatable bonds is 5. The quantitative estimate of drug-likeness (QED) is 0.780. The highest BCUT2D eigenvalue weighted by Crippen LogP contribution is 2.26. The molecular weight excluding hydrogens is 366 g/mol. The van der Waals surface area contributed by atoms with E-state index in [9.17, 15) is 4.79 Å². The third-order valence-electron chi connectivity index (χ3n) is 4.63. The summed E-state index contributed by atoms with van der Waals surface area (Å²) in [4.78, 5) is 18.0. The second kappa shape index (κ2) is 8.80. The number of nitrogens with zero attached hydrogens (tertiary/aromatic N) is 2. The molecule has 2 aromatic rings. The number of nitrogens with one attached hydrogen (secondary N) is 1. The fraction of sp³-hybridized carbons (Fsp3) is 0.350. The van der Waals surface area contributed by atoms with Gasteiger partial charge in [-0.05, 0) is 43.0 Å². The summed E-state index contributed by atoms with van der Waals surface area (Å²) in [6.45, 7) is 6.05. The summed E-state index contributed by atoms with van der Waals surface area (Å²) in [5.74, 6) is 0.0406. The van der Waals surface area contributed by atoms with Crippen LogP contribution >= 0.6 is 23.4 Å². The number of hydrogen-bond donors (Lipinski definition) is 1. The molecule has 1 amide bonds. The first-order valence-electron chi connectivity index (χ1n) is 8.73. The Kier molecular flexibility index (Phi) is 6.46. The van der Waals surface area contributed by atoms with Crippen LogP contribution in [0.5, 0.6) is 0 Å². The van der Waals surface area contributed by atoms with Crippen LogP contribution in [-0.4, -0.2) is 49.8 Å². The Morgan fingerprint density at radius 1 is 1.15 bits per heavy atom. The maximum atomic E-state index is 12.4. The summed E-state index contributed by atoms with van der Waals surface area (Å²) >= 11 is 7.78. The number of carbonyl (C=O) groups is 1. The molecule has 1 saturated heterocycles. The van der Waals surface area contributed by atoms with Crippen LogP contribution in [0.25, 0.3) is 0 Å². The standard InChI is InChI=1S/C20H24ClN3OS/c1-15-7-8-16(21)13-18(15)24-11-9-23(10-12-24)14-20(25)22-17-5-3-4-6-19(17)26-2/h3-8,13H,9-12,14H2,1-2H3,(H,22,25). The third kappa shape index (κ3) is 4.72. The van der Waals surface area contributed by atoms with E-state index in [2.05, 4.69) is 28.1 Å². The molecule has 1 N–H and O–H groups in total. The van der Waals surface area contributed by atoms with Gasteiger partial charge in [-0.15, -0.1) is 11.8 Å². The highest BCUT2D eigenvalue weighted by atomic mass is 35.5. The minimum atomic E-state index is 0.0406. The molecule has 138 valence electrons. The number of thioether (sulfide) groups is 1. The number of piperazine rings is 1. The molecule has 0 aliphatic carbocycles. The van der Waals surface area contributed by atoms with Crippen LogP contribution in [0.4, 0.5) is 11.4 Å². The molecule has 6 heteroatoms. The fourth-order valence-electron chi connectivity index (χ4n) is 3.21. The van der Waals surface area contributed by atoms with Crippen molar-refractivity contribution < 1.29 is 4.79 Å². The van der Waals surface area contributed by atoms with Gasteiger partial charge in [0.2, 0.25) is 5.91 Å². The van der Waals surface area contributed by atoms with Crippen LogP contribution in [0.15, 0.2) is 47.4 Å². The van der Waals surface area contributed by atoms with Crippen LogP contribution in [0.1, 0.15) is 5.56 Å². The molecule has 0 atom stereocenters. The van der Waals surface area contributed by atoms with E-state index in [1.165, 1.54) is 11.3 Å². The van der Waals surface area contributed by atoms with Gasteiger partial charge in [0.25, 0.3) is 0 Å². The Labute approximate surface area is 164 Å². The minimum absolute atomic E-state index is 0.0406. The normalized spacial score (nSPS) is 15.1. The lowest BCUT2D eigenvalue weighted by molar-refractivity contribution is -0.117. The summed E-state index contributed by atoms with van der Waals surface area (Å²) in [5, 5.41) is 3.80. The molecule has 2 aromatic carbocycles. The molecule has 3 rings (SSSR count). The molecule has 1 aliphatic rings. The van der Waals surface area contributed by atoms with E-state index in [1.807, 2.05) is 42.7 Å². The number of amides is 1. The average molecular weight is 390 g/mol. The molecule has 1 fully saturated rings. The van der Waals surface area contributed by atoms with Gasteiger partial charge in [-0.2, -0.15) is 0 Å². The molecular formula is C20H24ClN3OS. The smallest absolute Gasteiger partial charge is 0.238 e. The van der Waals surface area contributed by atoms with Crippen molar-refractivity contribution in [1.29, 1.82) is 0 Å². The van der Waals surface area contributed by atoms with Crippen molar-refractivity contribution in [2.45, 2.75) is 11.8 Å². The number of hydrogen-bond acceptors (Lipinski definition) is 4. The van der Waals surface area contributed by atoms with Crippen molar-refractivity contribution in [3.05, 3.63) is 53.1 Å². The van der Waals surface area contributed by atoms with Crippen LogP contribution in [0.3, 0.4) is 0 Å². The Hall–Kier alpha value is -1.69. The molecule has 0 unspecified atom stereocenters. The van der Waals surface area contributed by atoms with Gasteiger partial charge in [0.05, 0.1) is 12.2 Å². The number of aryl methyl sites for hydroxylation is 1. The molecule has 1 heterocycles. The summed E-state index contributed by atoms with van der Waals surface area (Å²) in [5.41, 5.74) is 3.31. The van der Waals surface area contributed by atoms with Crippen molar-refractivity contribution in [1.82, 2.24) is 4.90 Å². The van der Waals surface area contributed by atoms with Crippen molar-refractivity contribution >= 4 is 40.6 Å². The number of benzene rings is 2. The van der Waals surface area contributed by atoms with E-state index in [4.69, 9.17) is 11.6 Å². The second-order valence-corrected chi connectivity index (χ2v) is 7.73. The van der Waals surface area contributed by atoms with Gasteiger partial charge < -0.3 is 10.2 Å². The molecule has 0 radical (unpaired) electrons. The molecule has 0 spiro atoms. The summed E-state index contributed by atoms with van der Waals surface area (Å²) in [7, 11) is 0. The van der Waals surface area contributed by atoms with E-state index >= 15 is 0 Å². The highest BCUT2D eigenvalue weighted by Gasteiger charge is 2.20. The number of para-hydroxylation sites is 1. The topological polar surface area (TPSA) is 35.6 Å². The molecule has 0 saturated carbocycles. The van der Waals surface area contributed by atoms with E-state index in [1.54, 1.807) is 11.8 Å².